The monoisotopic (exact) mass is 291 g/mol. The number of hydrogen-bond donors (Lipinski definition) is 3. The Morgan fingerprint density at radius 2 is 2.14 bits per heavy atom. The lowest BCUT2D eigenvalue weighted by Crippen LogP contribution is -2.43. The van der Waals surface area contributed by atoms with Crippen LogP contribution >= 0.6 is 0 Å². The number of aliphatic hydroxyl groups excluding tert-OH is 1. The second-order valence-electron chi connectivity index (χ2n) is 5.02. The third-order valence-electron chi connectivity index (χ3n) is 3.51. The van der Waals surface area contributed by atoms with Crippen LogP contribution in [0, 0.1) is 5.92 Å². The van der Waals surface area contributed by atoms with Crippen LogP contribution in [-0.4, -0.2) is 54.0 Å². The number of hydrazine groups is 1. The topological polar surface area (TPSA) is 131 Å². The Balaban J connectivity index is 1.93. The van der Waals surface area contributed by atoms with Gasteiger partial charge in [-0.3, -0.25) is 5.43 Å². The predicted octanol–water partition coefficient (Wildman–Crippen LogP) is -1.05. The van der Waals surface area contributed by atoms with Crippen LogP contribution in [0.1, 0.15) is 13.3 Å². The van der Waals surface area contributed by atoms with E-state index in [9.17, 15) is 5.11 Å². The molecule has 0 spiro atoms. The quantitative estimate of drug-likeness (QED) is 0.478. The van der Waals surface area contributed by atoms with Gasteiger partial charge in [-0.25, -0.2) is 10.8 Å². The number of nitrogen functional groups attached to an aromatic ring is 1. The molecule has 0 bridgehead atoms. The van der Waals surface area contributed by atoms with Gasteiger partial charge in [-0.05, 0) is 12.3 Å². The SMILES string of the molecule is CC1CN(c2nc(NN)nc(-n3cncn3)n2)CCC1O. The molecule has 21 heavy (non-hydrogen) atoms. The van der Waals surface area contributed by atoms with Gasteiger partial charge in [0.25, 0.3) is 5.95 Å². The van der Waals surface area contributed by atoms with Crippen molar-refractivity contribution >= 4 is 11.9 Å². The van der Waals surface area contributed by atoms with Crippen molar-refractivity contribution < 1.29 is 5.11 Å². The molecule has 4 N–H and O–H groups in total. The van der Waals surface area contributed by atoms with Crippen LogP contribution in [0.5, 0.6) is 0 Å². The number of nitrogens with one attached hydrogen (secondary N) is 1. The number of aliphatic hydroxyl groups is 1. The van der Waals surface area contributed by atoms with Gasteiger partial charge in [0.15, 0.2) is 0 Å². The van der Waals surface area contributed by atoms with E-state index in [0.29, 0.717) is 31.4 Å². The predicted molar refractivity (Wildman–Crippen MR) is 74.6 cm³/mol. The molecule has 3 rings (SSSR count). The van der Waals surface area contributed by atoms with Gasteiger partial charge in [-0.15, -0.1) is 0 Å². The van der Waals surface area contributed by atoms with E-state index in [0.717, 1.165) is 0 Å². The van der Waals surface area contributed by atoms with E-state index in [4.69, 9.17) is 5.84 Å². The summed E-state index contributed by atoms with van der Waals surface area (Å²) in [6.07, 6.45) is 3.29. The molecular formula is C11H17N9O. The largest absolute Gasteiger partial charge is 0.393 e. The molecule has 10 nitrogen and oxygen atoms in total. The smallest absolute Gasteiger partial charge is 0.258 e. The molecule has 0 amide bonds. The van der Waals surface area contributed by atoms with Crippen molar-refractivity contribution in [3.63, 3.8) is 0 Å². The first-order chi connectivity index (χ1) is 10.2. The second-order valence-corrected chi connectivity index (χ2v) is 5.02. The Bertz CT molecular complexity index is 602. The molecule has 1 fully saturated rings. The van der Waals surface area contributed by atoms with Crippen molar-refractivity contribution in [2.75, 3.05) is 23.4 Å². The lowest BCUT2D eigenvalue weighted by Gasteiger charge is -2.34. The molecule has 0 aliphatic carbocycles. The summed E-state index contributed by atoms with van der Waals surface area (Å²) in [5.41, 5.74) is 2.43. The van der Waals surface area contributed by atoms with Crippen LogP contribution in [0.3, 0.4) is 0 Å². The molecule has 1 aliphatic heterocycles. The first-order valence-electron chi connectivity index (χ1n) is 6.68. The van der Waals surface area contributed by atoms with E-state index in [1.165, 1.54) is 17.3 Å². The fourth-order valence-corrected chi connectivity index (χ4v) is 2.29. The summed E-state index contributed by atoms with van der Waals surface area (Å²) in [4.78, 5) is 18.7. The summed E-state index contributed by atoms with van der Waals surface area (Å²) in [7, 11) is 0. The highest BCUT2D eigenvalue weighted by atomic mass is 16.3. The van der Waals surface area contributed by atoms with Gasteiger partial charge < -0.3 is 10.0 Å². The van der Waals surface area contributed by atoms with E-state index in [-0.39, 0.29) is 18.0 Å². The van der Waals surface area contributed by atoms with Gasteiger partial charge in [-0.2, -0.15) is 24.7 Å². The Labute approximate surface area is 121 Å². The highest BCUT2D eigenvalue weighted by molar-refractivity contribution is 5.39. The van der Waals surface area contributed by atoms with E-state index >= 15 is 0 Å². The molecule has 112 valence electrons. The summed E-state index contributed by atoms with van der Waals surface area (Å²) in [6, 6.07) is 0. The first kappa shape index (κ1) is 13.6. The average molecular weight is 291 g/mol. The van der Waals surface area contributed by atoms with Crippen molar-refractivity contribution in [2.24, 2.45) is 11.8 Å². The second kappa shape index (κ2) is 5.58. The molecule has 2 aromatic heterocycles. The minimum Gasteiger partial charge on any atom is -0.393 e. The van der Waals surface area contributed by atoms with Crippen molar-refractivity contribution in [1.82, 2.24) is 29.7 Å². The van der Waals surface area contributed by atoms with Crippen molar-refractivity contribution in [3.05, 3.63) is 12.7 Å². The van der Waals surface area contributed by atoms with Crippen LogP contribution in [0.4, 0.5) is 11.9 Å². The molecule has 2 atom stereocenters. The lowest BCUT2D eigenvalue weighted by atomic mass is 9.97. The fraction of sp³-hybridized carbons (Fsp3) is 0.545. The maximum absolute atomic E-state index is 9.81. The molecule has 0 radical (unpaired) electrons. The highest BCUT2D eigenvalue weighted by Gasteiger charge is 2.26. The summed E-state index contributed by atoms with van der Waals surface area (Å²) in [6.45, 7) is 3.35. The minimum absolute atomic E-state index is 0.152. The molecule has 10 heteroatoms. The molecule has 0 saturated carbocycles. The number of nitrogens with two attached hydrogens (primary N) is 1. The lowest BCUT2D eigenvalue weighted by molar-refractivity contribution is 0.0966. The Kier molecular flexibility index (Phi) is 3.62. The number of nitrogens with zero attached hydrogens (tertiary/aromatic N) is 7. The van der Waals surface area contributed by atoms with Gasteiger partial charge in [-0.1, -0.05) is 6.92 Å². The molecule has 1 aliphatic rings. The summed E-state index contributed by atoms with van der Waals surface area (Å²) < 4.78 is 1.44. The minimum atomic E-state index is -0.287. The number of hydrogen-bond acceptors (Lipinski definition) is 9. The molecule has 3 heterocycles. The number of anilines is 2. The zero-order chi connectivity index (χ0) is 14.8. The standard InChI is InChI=1S/C11H17N9O/c1-7-4-19(3-2-8(7)21)10-15-9(18-12)16-11(17-10)20-6-13-5-14-20/h5-8,21H,2-4,12H2,1H3,(H,15,16,17,18). The summed E-state index contributed by atoms with van der Waals surface area (Å²) >= 11 is 0. The van der Waals surface area contributed by atoms with Crippen molar-refractivity contribution in [2.45, 2.75) is 19.4 Å². The molecule has 2 unspecified atom stereocenters. The summed E-state index contributed by atoms with van der Waals surface area (Å²) in [5.74, 6) is 6.66. The molecular weight excluding hydrogens is 274 g/mol. The van der Waals surface area contributed by atoms with Crippen molar-refractivity contribution in [1.29, 1.82) is 0 Å². The van der Waals surface area contributed by atoms with E-state index in [1.54, 1.807) is 0 Å². The number of piperidine rings is 1. The number of rotatable bonds is 3. The van der Waals surface area contributed by atoms with Gasteiger partial charge in [0, 0.05) is 13.1 Å². The van der Waals surface area contributed by atoms with E-state index < -0.39 is 0 Å². The van der Waals surface area contributed by atoms with E-state index in [1.807, 2.05) is 11.8 Å². The Morgan fingerprint density at radius 1 is 1.33 bits per heavy atom. The van der Waals surface area contributed by atoms with Crippen LogP contribution in [0.2, 0.25) is 0 Å². The average Bonchev–Trinajstić information content (AvgIpc) is 3.04. The Hall–Kier alpha value is -2.33. The zero-order valence-electron chi connectivity index (χ0n) is 11.6. The summed E-state index contributed by atoms with van der Waals surface area (Å²) in [5, 5.41) is 13.8. The Morgan fingerprint density at radius 3 is 2.81 bits per heavy atom. The third-order valence-corrected chi connectivity index (χ3v) is 3.51. The van der Waals surface area contributed by atoms with Crippen LogP contribution in [0.15, 0.2) is 12.7 Å². The van der Waals surface area contributed by atoms with Crippen LogP contribution < -0.4 is 16.2 Å². The molecule has 2 aromatic rings. The maximum Gasteiger partial charge on any atom is 0.258 e. The first-order valence-corrected chi connectivity index (χ1v) is 6.68. The highest BCUT2D eigenvalue weighted by Crippen LogP contribution is 2.21. The van der Waals surface area contributed by atoms with Gasteiger partial charge in [0.1, 0.15) is 12.7 Å². The van der Waals surface area contributed by atoms with E-state index in [2.05, 4.69) is 30.5 Å². The maximum atomic E-state index is 9.81. The van der Waals surface area contributed by atoms with Gasteiger partial charge in [0.05, 0.1) is 6.10 Å². The normalized spacial score (nSPS) is 22.3. The van der Waals surface area contributed by atoms with Gasteiger partial charge >= 0.3 is 0 Å². The third kappa shape index (κ3) is 2.76. The van der Waals surface area contributed by atoms with Crippen LogP contribution in [0.25, 0.3) is 5.95 Å². The zero-order valence-corrected chi connectivity index (χ0v) is 11.6. The fourth-order valence-electron chi connectivity index (χ4n) is 2.29. The van der Waals surface area contributed by atoms with Crippen LogP contribution in [-0.2, 0) is 0 Å². The molecule has 0 aromatic carbocycles. The number of aromatic nitrogens is 6. The van der Waals surface area contributed by atoms with Gasteiger partial charge in [0.2, 0.25) is 11.9 Å². The van der Waals surface area contributed by atoms with Crippen molar-refractivity contribution in [3.8, 4) is 5.95 Å². The molecule has 1 saturated heterocycles.